The van der Waals surface area contributed by atoms with Gasteiger partial charge in [-0.15, -0.1) is 11.3 Å². The van der Waals surface area contributed by atoms with E-state index >= 15 is 0 Å². The predicted octanol–water partition coefficient (Wildman–Crippen LogP) is 8.56. The fourth-order valence-electron chi connectivity index (χ4n) is 4.26. The van der Waals surface area contributed by atoms with Crippen LogP contribution in [0.5, 0.6) is 5.75 Å². The minimum atomic E-state index is -0.816. The van der Waals surface area contributed by atoms with Crippen LogP contribution in [-0.4, -0.2) is 13.2 Å². The van der Waals surface area contributed by atoms with E-state index in [-0.39, 0.29) is 11.3 Å². The van der Waals surface area contributed by atoms with Crippen molar-refractivity contribution in [1.29, 1.82) is 0 Å². The van der Waals surface area contributed by atoms with Gasteiger partial charge in [-0.2, -0.15) is 4.39 Å². The van der Waals surface area contributed by atoms with Gasteiger partial charge in [0, 0.05) is 17.2 Å². The Labute approximate surface area is 212 Å². The van der Waals surface area contributed by atoms with Crippen LogP contribution in [0.1, 0.15) is 42.9 Å². The van der Waals surface area contributed by atoms with Crippen LogP contribution in [-0.2, 0) is 4.74 Å². The third kappa shape index (κ3) is 5.11. The van der Waals surface area contributed by atoms with E-state index in [1.807, 2.05) is 18.2 Å². The zero-order chi connectivity index (χ0) is 25.2. The first kappa shape index (κ1) is 24.0. The maximum absolute atomic E-state index is 14.3. The molecule has 4 aromatic rings. The molecule has 1 N–H and O–H groups in total. The number of rotatable bonds is 7. The van der Waals surface area contributed by atoms with Crippen molar-refractivity contribution in [2.24, 2.45) is 0 Å². The molecule has 0 bridgehead atoms. The summed E-state index contributed by atoms with van der Waals surface area (Å²) in [6, 6.07) is 21.5. The topological polar surface area (TPSA) is 47.6 Å². The molecule has 1 heterocycles. The molecule has 0 saturated heterocycles. The van der Waals surface area contributed by atoms with Crippen molar-refractivity contribution in [3.8, 4) is 27.3 Å². The van der Waals surface area contributed by atoms with Gasteiger partial charge in [0.05, 0.1) is 17.7 Å². The van der Waals surface area contributed by atoms with Crippen LogP contribution in [0, 0.1) is 10.9 Å². The summed E-state index contributed by atoms with van der Waals surface area (Å²) < 4.78 is 39.3. The molecule has 7 heteroatoms. The van der Waals surface area contributed by atoms with E-state index in [1.165, 1.54) is 30.5 Å². The number of methoxy groups -OCH3 is 1. The van der Waals surface area contributed by atoms with E-state index in [4.69, 9.17) is 9.47 Å². The molecule has 0 radical (unpaired) electrons. The molecule has 1 aliphatic carbocycles. The molecular formula is C29H25F2NO3S. The first-order valence-electron chi connectivity index (χ1n) is 11.7. The lowest BCUT2D eigenvalue weighted by Crippen LogP contribution is -2.16. The molecule has 36 heavy (non-hydrogen) atoms. The van der Waals surface area contributed by atoms with Gasteiger partial charge < -0.3 is 9.47 Å². The van der Waals surface area contributed by atoms with Gasteiger partial charge >= 0.3 is 6.09 Å². The molecule has 3 aromatic carbocycles. The monoisotopic (exact) mass is 505 g/mol. The highest BCUT2D eigenvalue weighted by Gasteiger charge is 2.23. The first-order chi connectivity index (χ1) is 17.4. The lowest BCUT2D eigenvalue weighted by Gasteiger charge is -2.15. The molecule has 1 unspecified atom stereocenters. The van der Waals surface area contributed by atoms with Crippen molar-refractivity contribution in [1.82, 2.24) is 0 Å². The molecule has 1 aliphatic rings. The highest BCUT2D eigenvalue weighted by molar-refractivity contribution is 7.14. The Morgan fingerprint density at radius 2 is 1.72 bits per heavy atom. The molecule has 4 nitrogen and oxygen atoms in total. The summed E-state index contributed by atoms with van der Waals surface area (Å²) in [7, 11) is 1.59. The number of carbonyl (C=O) groups excluding carboxylic acids is 1. The predicted molar refractivity (Wildman–Crippen MR) is 139 cm³/mol. The highest BCUT2D eigenvalue weighted by atomic mass is 32.1. The van der Waals surface area contributed by atoms with E-state index in [1.54, 1.807) is 32.2 Å². The van der Waals surface area contributed by atoms with Gasteiger partial charge in [0.1, 0.15) is 17.7 Å². The molecule has 1 saturated carbocycles. The average molecular weight is 506 g/mol. The standard InChI is InChI=1S/C29H25F2NO3S/c1-17(22-5-3-4-6-24(22)30)35-29(33)32-25-16-27(31)36-28(25)21-13-14-23(26(15-21)34-2)20-11-9-19(10-12-20)18-7-8-18/h3-6,9-18H,7-8H2,1-2H3,(H,32,33). The Morgan fingerprint density at radius 1 is 1.00 bits per heavy atom. The zero-order valence-corrected chi connectivity index (χ0v) is 20.7. The number of benzene rings is 3. The van der Waals surface area contributed by atoms with Crippen LogP contribution in [0.3, 0.4) is 0 Å². The van der Waals surface area contributed by atoms with Crippen LogP contribution in [0.15, 0.2) is 72.8 Å². The molecule has 1 fully saturated rings. The summed E-state index contributed by atoms with van der Waals surface area (Å²) in [6.45, 7) is 1.58. The van der Waals surface area contributed by atoms with Crippen molar-refractivity contribution in [2.75, 3.05) is 12.4 Å². The number of halogens is 2. The fraction of sp³-hybridized carbons (Fsp3) is 0.207. The zero-order valence-electron chi connectivity index (χ0n) is 19.9. The second kappa shape index (κ2) is 10.1. The second-order valence-corrected chi connectivity index (χ2v) is 9.80. The second-order valence-electron chi connectivity index (χ2n) is 8.80. The van der Waals surface area contributed by atoms with Crippen LogP contribution >= 0.6 is 11.3 Å². The van der Waals surface area contributed by atoms with Gasteiger partial charge in [0.15, 0.2) is 5.13 Å². The molecule has 184 valence electrons. The summed E-state index contributed by atoms with van der Waals surface area (Å²) in [5.41, 5.74) is 4.53. The van der Waals surface area contributed by atoms with Crippen molar-refractivity contribution >= 4 is 23.1 Å². The normalized spacial score (nSPS) is 13.8. The number of amides is 1. The Bertz CT molecular complexity index is 1400. The molecule has 1 amide bonds. The SMILES string of the molecule is COc1cc(-c2sc(F)cc2NC(=O)OC(C)c2ccccc2F)ccc1-c1ccc(C2CC2)cc1. The lowest BCUT2D eigenvalue weighted by atomic mass is 9.99. The van der Waals surface area contributed by atoms with Crippen molar-refractivity contribution < 1.29 is 23.0 Å². The summed E-state index contributed by atoms with van der Waals surface area (Å²) in [6.07, 6.45) is 0.884. The van der Waals surface area contributed by atoms with Gasteiger partial charge in [-0.1, -0.05) is 54.6 Å². The quantitative estimate of drug-likeness (QED) is 0.274. The van der Waals surface area contributed by atoms with Crippen LogP contribution in [0.2, 0.25) is 0 Å². The van der Waals surface area contributed by atoms with Crippen LogP contribution in [0.4, 0.5) is 19.3 Å². The van der Waals surface area contributed by atoms with Gasteiger partial charge in [-0.25, -0.2) is 9.18 Å². The average Bonchev–Trinajstić information content (AvgIpc) is 3.66. The van der Waals surface area contributed by atoms with Crippen molar-refractivity contribution in [2.45, 2.75) is 31.8 Å². The molecular weight excluding hydrogens is 480 g/mol. The van der Waals surface area contributed by atoms with Gasteiger partial charge in [-0.05, 0) is 54.5 Å². The number of nitrogens with one attached hydrogen (secondary N) is 1. The molecule has 0 spiro atoms. The summed E-state index contributed by atoms with van der Waals surface area (Å²) in [5, 5.41) is 2.15. The Balaban J connectivity index is 1.36. The molecule has 1 aromatic heterocycles. The maximum atomic E-state index is 14.3. The Kier molecular flexibility index (Phi) is 6.74. The van der Waals surface area contributed by atoms with Crippen LogP contribution in [0.25, 0.3) is 21.6 Å². The van der Waals surface area contributed by atoms with E-state index < -0.39 is 23.1 Å². The maximum Gasteiger partial charge on any atom is 0.412 e. The van der Waals surface area contributed by atoms with Crippen LogP contribution < -0.4 is 10.1 Å². The van der Waals surface area contributed by atoms with E-state index in [2.05, 4.69) is 29.6 Å². The first-order valence-corrected chi connectivity index (χ1v) is 12.5. The number of carbonyl (C=O) groups is 1. The number of hydrogen-bond acceptors (Lipinski definition) is 4. The van der Waals surface area contributed by atoms with E-state index in [9.17, 15) is 13.6 Å². The lowest BCUT2D eigenvalue weighted by molar-refractivity contribution is 0.119. The summed E-state index contributed by atoms with van der Waals surface area (Å²) in [5.74, 6) is 0.862. The van der Waals surface area contributed by atoms with Gasteiger partial charge in [0.25, 0.3) is 0 Å². The van der Waals surface area contributed by atoms with Gasteiger partial charge in [0.2, 0.25) is 0 Å². The van der Waals surface area contributed by atoms with Crippen molar-refractivity contribution in [3.63, 3.8) is 0 Å². The minimum absolute atomic E-state index is 0.259. The third-order valence-corrected chi connectivity index (χ3v) is 7.27. The number of hydrogen-bond donors (Lipinski definition) is 1. The smallest absolute Gasteiger partial charge is 0.412 e. The molecule has 1 atom stereocenters. The Morgan fingerprint density at radius 3 is 2.42 bits per heavy atom. The number of anilines is 1. The fourth-order valence-corrected chi connectivity index (χ4v) is 5.10. The third-order valence-electron chi connectivity index (χ3n) is 6.30. The highest BCUT2D eigenvalue weighted by Crippen LogP contribution is 2.43. The summed E-state index contributed by atoms with van der Waals surface area (Å²) >= 11 is 0.908. The van der Waals surface area contributed by atoms with Crippen molar-refractivity contribution in [3.05, 3.63) is 94.9 Å². The molecule has 5 rings (SSSR count). The number of ether oxygens (including phenoxy) is 2. The van der Waals surface area contributed by atoms with E-state index in [0.29, 0.717) is 22.1 Å². The largest absolute Gasteiger partial charge is 0.496 e. The minimum Gasteiger partial charge on any atom is -0.496 e. The Hall–Kier alpha value is -3.71. The summed E-state index contributed by atoms with van der Waals surface area (Å²) in [4.78, 5) is 13.1. The molecule has 0 aliphatic heterocycles. The van der Waals surface area contributed by atoms with E-state index in [0.717, 1.165) is 22.5 Å². The van der Waals surface area contributed by atoms with Gasteiger partial charge in [-0.3, -0.25) is 5.32 Å². The number of thiophene rings is 1.